The molecule has 1 aliphatic heterocycles. The number of nitrogens with zero attached hydrogens (tertiary/aromatic N) is 5. The lowest BCUT2D eigenvalue weighted by atomic mass is 9.93. The first-order valence-electron chi connectivity index (χ1n) is 10.6. The molecule has 2 aromatic heterocycles. The number of carbonyl (C=O) groups excluding carboxylic acids is 1. The summed E-state index contributed by atoms with van der Waals surface area (Å²) in [7, 11) is 1.57. The molecule has 1 saturated heterocycles. The van der Waals surface area contributed by atoms with Crippen molar-refractivity contribution in [1.29, 1.82) is 0 Å². The Labute approximate surface area is 184 Å². The number of likely N-dealkylation sites (tertiary alicyclic amines) is 1. The van der Waals surface area contributed by atoms with Gasteiger partial charge in [-0.25, -0.2) is 13.8 Å². The minimum Gasteiger partial charge on any atom is -0.497 e. The highest BCUT2D eigenvalue weighted by molar-refractivity contribution is 5.81. The summed E-state index contributed by atoms with van der Waals surface area (Å²) in [5.41, 5.74) is 0.249. The van der Waals surface area contributed by atoms with Crippen molar-refractivity contribution in [2.75, 3.05) is 20.2 Å². The van der Waals surface area contributed by atoms with Crippen molar-refractivity contribution in [3.05, 3.63) is 48.0 Å². The van der Waals surface area contributed by atoms with E-state index >= 15 is 0 Å². The molecule has 3 heterocycles. The number of benzene rings is 1. The molecule has 170 valence electrons. The zero-order valence-electron chi connectivity index (χ0n) is 17.9. The third kappa shape index (κ3) is 4.49. The molecule has 0 N–H and O–H groups in total. The number of piperidine rings is 1. The number of methoxy groups -OCH3 is 1. The second kappa shape index (κ2) is 9.46. The van der Waals surface area contributed by atoms with Gasteiger partial charge < -0.3 is 14.4 Å². The quantitative estimate of drug-likeness (QED) is 0.552. The average molecular weight is 445 g/mol. The van der Waals surface area contributed by atoms with Crippen LogP contribution in [0.2, 0.25) is 0 Å². The first-order valence-corrected chi connectivity index (χ1v) is 10.6. The van der Waals surface area contributed by atoms with Gasteiger partial charge in [-0.3, -0.25) is 4.79 Å². The molecule has 4 rings (SSSR count). The molecular weight excluding hydrogens is 420 g/mol. The van der Waals surface area contributed by atoms with Crippen molar-refractivity contribution >= 4 is 11.7 Å². The average Bonchev–Trinajstić information content (AvgIpc) is 3.30. The summed E-state index contributed by atoms with van der Waals surface area (Å²) < 4.78 is 39.3. The molecule has 3 aromatic rings. The number of hydrogen-bond acceptors (Lipinski definition) is 6. The molecular formula is C22H25F2N5O3. The van der Waals surface area contributed by atoms with Crippen LogP contribution < -0.4 is 9.47 Å². The number of ether oxygens (including phenoxy) is 2. The van der Waals surface area contributed by atoms with E-state index in [-0.39, 0.29) is 23.3 Å². The number of amides is 1. The second-order valence-electron chi connectivity index (χ2n) is 7.70. The van der Waals surface area contributed by atoms with Crippen LogP contribution in [-0.2, 0) is 4.79 Å². The Morgan fingerprint density at radius 3 is 2.84 bits per heavy atom. The molecule has 8 nitrogen and oxygen atoms in total. The van der Waals surface area contributed by atoms with Crippen LogP contribution in [0.25, 0.3) is 5.78 Å². The van der Waals surface area contributed by atoms with Gasteiger partial charge in [0.2, 0.25) is 0 Å². The van der Waals surface area contributed by atoms with E-state index in [1.54, 1.807) is 36.3 Å². The van der Waals surface area contributed by atoms with Gasteiger partial charge in [-0.2, -0.15) is 14.6 Å². The van der Waals surface area contributed by atoms with Gasteiger partial charge in [0.25, 0.3) is 18.1 Å². The van der Waals surface area contributed by atoms with E-state index in [1.165, 1.54) is 12.4 Å². The SMILES string of the molecule is CCC(Oc1cccc(OC)c1)C(=O)N1CCCC(c2cc(C(F)F)n3ncnc3n2)C1. The fourth-order valence-corrected chi connectivity index (χ4v) is 3.99. The third-order valence-corrected chi connectivity index (χ3v) is 5.64. The number of halogens is 2. The largest absolute Gasteiger partial charge is 0.497 e. The molecule has 1 amide bonds. The number of fused-ring (bicyclic) bond motifs is 1. The van der Waals surface area contributed by atoms with Crippen LogP contribution in [0.4, 0.5) is 8.78 Å². The summed E-state index contributed by atoms with van der Waals surface area (Å²) >= 11 is 0. The van der Waals surface area contributed by atoms with Crippen LogP contribution in [0, 0.1) is 0 Å². The molecule has 1 aliphatic rings. The minimum atomic E-state index is -2.71. The maximum Gasteiger partial charge on any atom is 0.280 e. The highest BCUT2D eigenvalue weighted by atomic mass is 19.3. The monoisotopic (exact) mass is 445 g/mol. The van der Waals surface area contributed by atoms with Crippen molar-refractivity contribution < 1.29 is 23.0 Å². The van der Waals surface area contributed by atoms with Gasteiger partial charge in [-0.1, -0.05) is 13.0 Å². The van der Waals surface area contributed by atoms with Crippen LogP contribution in [0.5, 0.6) is 11.5 Å². The molecule has 32 heavy (non-hydrogen) atoms. The number of alkyl halides is 2. The molecule has 0 bridgehead atoms. The number of carbonyl (C=O) groups is 1. The minimum absolute atomic E-state index is 0.127. The van der Waals surface area contributed by atoms with Gasteiger partial charge in [0.1, 0.15) is 23.5 Å². The first-order chi connectivity index (χ1) is 15.5. The van der Waals surface area contributed by atoms with Crippen LogP contribution >= 0.6 is 0 Å². The Morgan fingerprint density at radius 1 is 1.28 bits per heavy atom. The Hall–Kier alpha value is -3.30. The highest BCUT2D eigenvalue weighted by Crippen LogP contribution is 2.30. The van der Waals surface area contributed by atoms with Crippen molar-refractivity contribution in [3.63, 3.8) is 0 Å². The molecule has 1 fully saturated rings. The van der Waals surface area contributed by atoms with Crippen LogP contribution in [0.1, 0.15) is 49.9 Å². The summed E-state index contributed by atoms with van der Waals surface area (Å²) in [4.78, 5) is 23.3. The van der Waals surface area contributed by atoms with E-state index in [0.717, 1.165) is 17.4 Å². The molecule has 1 aromatic carbocycles. The summed E-state index contributed by atoms with van der Waals surface area (Å²) in [6, 6.07) is 8.49. The molecule has 2 atom stereocenters. The van der Waals surface area contributed by atoms with E-state index in [9.17, 15) is 13.6 Å². The van der Waals surface area contributed by atoms with E-state index in [1.807, 2.05) is 6.92 Å². The molecule has 2 unspecified atom stereocenters. The molecule has 10 heteroatoms. The summed E-state index contributed by atoms with van der Waals surface area (Å²) in [5.74, 6) is 1.04. The van der Waals surface area contributed by atoms with Gasteiger partial charge >= 0.3 is 0 Å². The lowest BCUT2D eigenvalue weighted by Gasteiger charge is -2.34. The Morgan fingerprint density at radius 2 is 2.09 bits per heavy atom. The summed E-state index contributed by atoms with van der Waals surface area (Å²) in [6.45, 7) is 2.86. The van der Waals surface area contributed by atoms with Crippen molar-refractivity contribution in [1.82, 2.24) is 24.5 Å². The molecule has 0 spiro atoms. The Kier molecular flexibility index (Phi) is 6.48. The zero-order chi connectivity index (χ0) is 22.7. The molecule has 0 aliphatic carbocycles. The van der Waals surface area contributed by atoms with E-state index in [0.29, 0.717) is 36.7 Å². The highest BCUT2D eigenvalue weighted by Gasteiger charge is 2.31. The van der Waals surface area contributed by atoms with Gasteiger partial charge in [-0.15, -0.1) is 0 Å². The smallest absolute Gasteiger partial charge is 0.280 e. The van der Waals surface area contributed by atoms with Crippen LogP contribution in [0.15, 0.2) is 36.7 Å². The predicted octanol–water partition coefficient (Wildman–Crippen LogP) is 3.63. The number of hydrogen-bond donors (Lipinski definition) is 0. The Bertz CT molecular complexity index is 1090. The maximum absolute atomic E-state index is 13.5. The Balaban J connectivity index is 1.51. The third-order valence-electron chi connectivity index (χ3n) is 5.64. The van der Waals surface area contributed by atoms with Crippen LogP contribution in [-0.4, -0.2) is 56.7 Å². The zero-order valence-corrected chi connectivity index (χ0v) is 17.9. The number of rotatable bonds is 7. The standard InChI is InChI=1S/C22H25F2N5O3/c1-3-19(32-16-8-4-7-15(10-16)31-2)21(30)28-9-5-6-14(12-28)17-11-18(20(23)24)29-22(27-17)25-13-26-29/h4,7-8,10-11,13-14,19-20H,3,5-6,9,12H2,1-2H3. The normalized spacial score (nSPS) is 17.5. The van der Waals surface area contributed by atoms with Crippen molar-refractivity contribution in [2.24, 2.45) is 0 Å². The summed E-state index contributed by atoms with van der Waals surface area (Å²) in [6.07, 6.45) is -0.160. The van der Waals surface area contributed by atoms with Gasteiger partial charge in [0, 0.05) is 25.1 Å². The van der Waals surface area contributed by atoms with E-state index in [4.69, 9.17) is 9.47 Å². The fourth-order valence-electron chi connectivity index (χ4n) is 3.99. The van der Waals surface area contributed by atoms with Crippen molar-refractivity contribution in [3.8, 4) is 11.5 Å². The molecule has 0 saturated carbocycles. The van der Waals surface area contributed by atoms with Crippen molar-refractivity contribution in [2.45, 2.75) is 44.6 Å². The van der Waals surface area contributed by atoms with E-state index < -0.39 is 12.5 Å². The van der Waals surface area contributed by atoms with Gasteiger partial charge in [0.15, 0.2) is 6.10 Å². The molecule has 0 radical (unpaired) electrons. The summed E-state index contributed by atoms with van der Waals surface area (Å²) in [5, 5.41) is 3.83. The first kappa shape index (κ1) is 21.9. The van der Waals surface area contributed by atoms with Crippen LogP contribution in [0.3, 0.4) is 0 Å². The maximum atomic E-state index is 13.5. The fraction of sp³-hybridized carbons (Fsp3) is 0.455. The number of aromatic nitrogens is 4. The lowest BCUT2D eigenvalue weighted by molar-refractivity contribution is -0.140. The predicted molar refractivity (Wildman–Crippen MR) is 112 cm³/mol. The van der Waals surface area contributed by atoms with E-state index in [2.05, 4.69) is 15.1 Å². The van der Waals surface area contributed by atoms with Gasteiger partial charge in [0.05, 0.1) is 12.8 Å². The second-order valence-corrected chi connectivity index (χ2v) is 7.70. The topological polar surface area (TPSA) is 81.9 Å². The lowest BCUT2D eigenvalue weighted by Crippen LogP contribution is -2.46. The van der Waals surface area contributed by atoms with Gasteiger partial charge in [-0.05, 0) is 37.5 Å².